The quantitative estimate of drug-likeness (QED) is 0.543. The van der Waals surface area contributed by atoms with E-state index in [9.17, 15) is 18.0 Å². The second kappa shape index (κ2) is 11.2. The minimum absolute atomic E-state index is 0.0132. The first-order valence-corrected chi connectivity index (χ1v) is 11.2. The largest absolute Gasteiger partial charge is 0.494 e. The van der Waals surface area contributed by atoms with Gasteiger partial charge in [0.1, 0.15) is 5.75 Å². The van der Waals surface area contributed by atoms with Crippen LogP contribution in [0.5, 0.6) is 5.75 Å². The maximum atomic E-state index is 12.1. The SMILES string of the molecule is CCOc1ccc(C(=O)NCC(=O)NCCCS(=O)(=O)Cc2ccccc2)cc1. The van der Waals surface area contributed by atoms with E-state index in [1.807, 2.05) is 13.0 Å². The van der Waals surface area contributed by atoms with E-state index in [1.165, 1.54) is 0 Å². The Morgan fingerprint density at radius 1 is 0.966 bits per heavy atom. The van der Waals surface area contributed by atoms with Crippen LogP contribution in [0.25, 0.3) is 0 Å². The highest BCUT2D eigenvalue weighted by Gasteiger charge is 2.12. The number of ether oxygens (including phenoxy) is 1. The number of hydrogen-bond acceptors (Lipinski definition) is 5. The van der Waals surface area contributed by atoms with Crippen LogP contribution in [0, 0.1) is 0 Å². The lowest BCUT2D eigenvalue weighted by atomic mass is 10.2. The highest BCUT2D eigenvalue weighted by atomic mass is 32.2. The fourth-order valence-electron chi connectivity index (χ4n) is 2.61. The van der Waals surface area contributed by atoms with Crippen LogP contribution < -0.4 is 15.4 Å². The molecule has 0 heterocycles. The molecule has 0 saturated heterocycles. The van der Waals surface area contributed by atoms with Crippen molar-refractivity contribution in [2.24, 2.45) is 0 Å². The van der Waals surface area contributed by atoms with Gasteiger partial charge in [0.2, 0.25) is 5.91 Å². The summed E-state index contributed by atoms with van der Waals surface area (Å²) in [5.74, 6) is -0.0944. The van der Waals surface area contributed by atoms with Crippen molar-refractivity contribution in [3.05, 3.63) is 65.7 Å². The summed E-state index contributed by atoms with van der Waals surface area (Å²) in [6.45, 7) is 2.46. The highest BCUT2D eigenvalue weighted by molar-refractivity contribution is 7.90. The average Bonchev–Trinajstić information content (AvgIpc) is 2.70. The highest BCUT2D eigenvalue weighted by Crippen LogP contribution is 2.11. The number of carbonyl (C=O) groups is 2. The minimum Gasteiger partial charge on any atom is -0.494 e. The lowest BCUT2D eigenvalue weighted by molar-refractivity contribution is -0.120. The molecular weight excluding hydrogens is 392 g/mol. The van der Waals surface area contributed by atoms with Gasteiger partial charge in [-0.1, -0.05) is 30.3 Å². The van der Waals surface area contributed by atoms with Crippen LogP contribution in [0.4, 0.5) is 0 Å². The predicted octanol–water partition coefficient (Wildman–Crippen LogP) is 1.94. The van der Waals surface area contributed by atoms with E-state index in [1.54, 1.807) is 48.5 Å². The molecule has 0 aliphatic heterocycles. The zero-order valence-electron chi connectivity index (χ0n) is 16.4. The smallest absolute Gasteiger partial charge is 0.251 e. The van der Waals surface area contributed by atoms with Gasteiger partial charge in [-0.15, -0.1) is 0 Å². The first-order valence-electron chi connectivity index (χ1n) is 9.42. The molecular formula is C21H26N2O5S. The van der Waals surface area contributed by atoms with Crippen LogP contribution in [0.15, 0.2) is 54.6 Å². The molecule has 0 saturated carbocycles. The topological polar surface area (TPSA) is 102 Å². The molecule has 29 heavy (non-hydrogen) atoms. The summed E-state index contributed by atoms with van der Waals surface area (Å²) in [4.78, 5) is 23.9. The Hall–Kier alpha value is -2.87. The van der Waals surface area contributed by atoms with Gasteiger partial charge in [-0.05, 0) is 43.2 Å². The summed E-state index contributed by atoms with van der Waals surface area (Å²) in [6.07, 6.45) is 0.313. The zero-order chi connectivity index (χ0) is 21.1. The number of sulfone groups is 1. The Morgan fingerprint density at radius 2 is 1.66 bits per heavy atom. The fraction of sp³-hybridized carbons (Fsp3) is 0.333. The van der Waals surface area contributed by atoms with Gasteiger partial charge >= 0.3 is 0 Å². The molecule has 156 valence electrons. The number of rotatable bonds is 11. The number of benzene rings is 2. The van der Waals surface area contributed by atoms with Crippen molar-refractivity contribution in [2.75, 3.05) is 25.4 Å². The third-order valence-corrected chi connectivity index (χ3v) is 5.70. The molecule has 0 spiro atoms. The van der Waals surface area contributed by atoms with Gasteiger partial charge in [0, 0.05) is 12.1 Å². The van der Waals surface area contributed by atoms with Crippen LogP contribution in [-0.2, 0) is 20.4 Å². The Morgan fingerprint density at radius 3 is 2.31 bits per heavy atom. The second-order valence-corrected chi connectivity index (χ2v) is 8.61. The molecule has 2 aromatic rings. The molecule has 0 unspecified atom stereocenters. The van der Waals surface area contributed by atoms with Gasteiger partial charge in [0.15, 0.2) is 9.84 Å². The third-order valence-electron chi connectivity index (χ3n) is 4.02. The predicted molar refractivity (Wildman–Crippen MR) is 112 cm³/mol. The molecule has 2 N–H and O–H groups in total. The Kier molecular flexibility index (Phi) is 8.67. The van der Waals surface area contributed by atoms with Crippen LogP contribution in [0.3, 0.4) is 0 Å². The standard InChI is InChI=1S/C21H26N2O5S/c1-2-28-19-11-9-18(10-12-19)21(25)23-15-20(24)22-13-6-14-29(26,27)16-17-7-4-3-5-8-17/h3-5,7-12H,2,6,13-16H2,1H3,(H,22,24)(H,23,25). The van der Waals surface area contributed by atoms with E-state index in [-0.39, 0.29) is 36.4 Å². The Labute approximate surface area is 171 Å². The van der Waals surface area contributed by atoms with E-state index >= 15 is 0 Å². The molecule has 2 rings (SSSR count). The maximum absolute atomic E-state index is 12.1. The summed E-state index contributed by atoms with van der Waals surface area (Å²) in [6, 6.07) is 15.6. The number of hydrogen-bond donors (Lipinski definition) is 2. The zero-order valence-corrected chi connectivity index (χ0v) is 17.2. The fourth-order valence-corrected chi connectivity index (χ4v) is 4.04. The van der Waals surface area contributed by atoms with Crippen molar-refractivity contribution < 1.29 is 22.7 Å². The molecule has 7 nitrogen and oxygen atoms in total. The van der Waals surface area contributed by atoms with Crippen molar-refractivity contribution in [2.45, 2.75) is 19.1 Å². The monoisotopic (exact) mass is 418 g/mol. The molecule has 0 bridgehead atoms. The minimum atomic E-state index is -3.23. The van der Waals surface area contributed by atoms with Crippen LogP contribution in [-0.4, -0.2) is 45.7 Å². The van der Waals surface area contributed by atoms with Gasteiger partial charge in [0.25, 0.3) is 5.91 Å². The first-order chi connectivity index (χ1) is 13.9. The van der Waals surface area contributed by atoms with Gasteiger partial charge in [-0.3, -0.25) is 9.59 Å². The molecule has 0 fully saturated rings. The van der Waals surface area contributed by atoms with Crippen molar-refractivity contribution >= 4 is 21.7 Å². The van der Waals surface area contributed by atoms with E-state index in [0.29, 0.717) is 24.3 Å². The van der Waals surface area contributed by atoms with Crippen LogP contribution >= 0.6 is 0 Å². The molecule has 2 amide bonds. The van der Waals surface area contributed by atoms with Crippen LogP contribution in [0.1, 0.15) is 29.3 Å². The number of amides is 2. The van der Waals surface area contributed by atoms with Crippen molar-refractivity contribution in [3.63, 3.8) is 0 Å². The van der Waals surface area contributed by atoms with E-state index in [0.717, 1.165) is 5.56 Å². The van der Waals surface area contributed by atoms with Crippen molar-refractivity contribution in [3.8, 4) is 5.75 Å². The van der Waals surface area contributed by atoms with Gasteiger partial charge in [-0.2, -0.15) is 0 Å². The second-order valence-electron chi connectivity index (χ2n) is 6.42. The molecule has 8 heteroatoms. The van der Waals surface area contributed by atoms with E-state index in [4.69, 9.17) is 4.74 Å². The summed E-state index contributed by atoms with van der Waals surface area (Å²) in [7, 11) is -3.23. The maximum Gasteiger partial charge on any atom is 0.251 e. The lowest BCUT2D eigenvalue weighted by Crippen LogP contribution is -2.37. The molecule has 0 radical (unpaired) electrons. The summed E-state index contributed by atoms with van der Waals surface area (Å²) in [5, 5.41) is 5.14. The van der Waals surface area contributed by atoms with E-state index in [2.05, 4.69) is 10.6 Å². The normalized spacial score (nSPS) is 10.9. The van der Waals surface area contributed by atoms with Gasteiger partial charge in [0.05, 0.1) is 24.7 Å². The number of carbonyl (C=O) groups excluding carboxylic acids is 2. The lowest BCUT2D eigenvalue weighted by Gasteiger charge is -2.08. The van der Waals surface area contributed by atoms with Crippen molar-refractivity contribution in [1.29, 1.82) is 0 Å². The molecule has 0 aliphatic rings. The van der Waals surface area contributed by atoms with Crippen LogP contribution in [0.2, 0.25) is 0 Å². The number of nitrogens with one attached hydrogen (secondary N) is 2. The molecule has 0 atom stereocenters. The third kappa shape index (κ3) is 8.35. The molecule has 0 aromatic heterocycles. The first kappa shape index (κ1) is 22.4. The summed E-state index contributed by atoms with van der Waals surface area (Å²) < 4.78 is 29.5. The Balaban J connectivity index is 1.66. The average molecular weight is 419 g/mol. The molecule has 0 aliphatic carbocycles. The van der Waals surface area contributed by atoms with Crippen molar-refractivity contribution in [1.82, 2.24) is 10.6 Å². The Bertz CT molecular complexity index is 896. The summed E-state index contributed by atoms with van der Waals surface area (Å²) >= 11 is 0. The van der Waals surface area contributed by atoms with E-state index < -0.39 is 9.84 Å². The summed E-state index contributed by atoms with van der Waals surface area (Å²) in [5.41, 5.74) is 1.17. The van der Waals surface area contributed by atoms with Gasteiger partial charge in [-0.25, -0.2) is 8.42 Å². The molecule has 2 aromatic carbocycles. The van der Waals surface area contributed by atoms with Gasteiger partial charge < -0.3 is 15.4 Å².